The van der Waals surface area contributed by atoms with Gasteiger partial charge in [-0.3, -0.25) is 4.79 Å². The molecule has 1 rings (SSSR count). The maximum absolute atomic E-state index is 11.0. The van der Waals surface area contributed by atoms with Gasteiger partial charge in [0.25, 0.3) is 5.97 Å². The predicted octanol–water partition coefficient (Wildman–Crippen LogP) is 1.32. The standard InChI is InChI=1S/C7H7O2S.C2H4O2.Hg/c1-6-2-4-7(5-3-6)10(8)9;1-2(3)4;/h2-5H,1H3;1H3,(H,3,4);. The average molecular weight is 416 g/mol. The molecule has 0 radical (unpaired) electrons. The predicted molar refractivity (Wildman–Crippen MR) is 51.7 cm³/mol. The quantitative estimate of drug-likeness (QED) is 0.702. The van der Waals surface area contributed by atoms with Gasteiger partial charge in [0.15, 0.2) is 0 Å². The fourth-order valence-electron chi connectivity index (χ4n) is 0.746. The van der Waals surface area contributed by atoms with Crippen LogP contribution in [-0.2, 0) is 35.7 Å². The second kappa shape index (κ2) is 6.22. The molecule has 0 saturated carbocycles. The fourth-order valence-corrected chi connectivity index (χ4v) is 3.54. The van der Waals surface area contributed by atoms with Crippen LogP contribution in [0.1, 0.15) is 12.5 Å². The molecule has 6 heteroatoms. The summed E-state index contributed by atoms with van der Waals surface area (Å²) in [7, 11) is 0. The second-order valence-electron chi connectivity index (χ2n) is 2.95. The van der Waals surface area contributed by atoms with E-state index in [-0.39, 0.29) is 24.6 Å². The van der Waals surface area contributed by atoms with Gasteiger partial charge < -0.3 is 5.11 Å². The average Bonchev–Trinajstić information content (AvgIpc) is 2.01. The Bertz CT molecular complexity index is 418. The van der Waals surface area contributed by atoms with Crippen LogP contribution in [0.5, 0.6) is 0 Å². The summed E-state index contributed by atoms with van der Waals surface area (Å²) in [5, 5.41) is 7.42. The minimum atomic E-state index is -2.83. The summed E-state index contributed by atoms with van der Waals surface area (Å²) in [5.74, 6) is -0.833. The summed E-state index contributed by atoms with van der Waals surface area (Å²) in [4.78, 5) is 9.46. The number of carboxylic acid groups (broad SMARTS) is 1. The summed E-state index contributed by atoms with van der Waals surface area (Å²) in [6.45, 7) is 3.02. The van der Waals surface area contributed by atoms with Gasteiger partial charge in [-0.1, -0.05) is 0 Å². The van der Waals surface area contributed by atoms with Gasteiger partial charge in [0.2, 0.25) is 0 Å². The fraction of sp³-hybridized carbons (Fsp3) is 0.222. The molecule has 0 aliphatic rings. The molecule has 1 aromatic rings. The summed E-state index contributed by atoms with van der Waals surface area (Å²) >= 11 is -0.222. The maximum atomic E-state index is 11.0. The molecule has 0 heterocycles. The molecule has 15 heavy (non-hydrogen) atoms. The Morgan fingerprint density at radius 1 is 1.27 bits per heavy atom. The second-order valence-corrected chi connectivity index (χ2v) is 13.5. The Balaban J connectivity index is 0.000000423. The summed E-state index contributed by atoms with van der Waals surface area (Å²) in [6.07, 6.45) is -2.83. The molecule has 0 aromatic heterocycles. The zero-order valence-electron chi connectivity index (χ0n) is 8.60. The molecule has 0 aliphatic heterocycles. The number of aryl methyl sites for hydroxylation is 1. The minimum absolute atomic E-state index is 0.222. The number of aliphatic carboxylic acids is 1. The molecule has 0 spiro atoms. The molecule has 0 aliphatic carbocycles. The normalized spacial score (nSPS) is 10.1. The van der Waals surface area contributed by atoms with Crippen LogP contribution in [0, 0.1) is 6.92 Å². The van der Waals surface area contributed by atoms with Crippen LogP contribution in [0.3, 0.4) is 0 Å². The first-order valence-corrected chi connectivity index (χ1v) is 12.5. The monoisotopic (exact) mass is 417 g/mol. The molecule has 0 unspecified atom stereocenters. The summed E-state index contributed by atoms with van der Waals surface area (Å²) in [5.41, 5.74) is 1.09. The van der Waals surface area contributed by atoms with Gasteiger partial charge in [-0.25, -0.2) is 0 Å². The van der Waals surface area contributed by atoms with E-state index in [1.54, 1.807) is 12.1 Å². The van der Waals surface area contributed by atoms with Crippen molar-refractivity contribution in [2.45, 2.75) is 18.7 Å². The van der Waals surface area contributed by atoms with Gasteiger partial charge in [0.05, 0.1) is 0 Å². The van der Waals surface area contributed by atoms with Crippen LogP contribution in [-0.4, -0.2) is 19.5 Å². The van der Waals surface area contributed by atoms with Crippen molar-refractivity contribution >= 4 is 12.3 Å². The first kappa shape index (κ1) is 14.6. The third-order valence-corrected chi connectivity index (χ3v) is 6.26. The Morgan fingerprint density at radius 3 is 1.87 bits per heavy atom. The van der Waals surface area contributed by atoms with Gasteiger partial charge in [0.1, 0.15) is 0 Å². The zero-order valence-corrected chi connectivity index (χ0v) is 14.9. The van der Waals surface area contributed by atoms with E-state index in [0.717, 1.165) is 12.5 Å². The van der Waals surface area contributed by atoms with Crippen LogP contribution in [0.2, 0.25) is 0 Å². The Labute approximate surface area is 103 Å². The van der Waals surface area contributed by atoms with Gasteiger partial charge in [-0.2, -0.15) is 0 Å². The number of hydrogen-bond acceptors (Lipinski definition) is 3. The van der Waals surface area contributed by atoms with E-state index in [1.165, 1.54) is 0 Å². The first-order chi connectivity index (χ1) is 6.73. The molecular weight excluding hydrogens is 405 g/mol. The van der Waals surface area contributed by atoms with Crippen molar-refractivity contribution in [1.82, 2.24) is 0 Å². The van der Waals surface area contributed by atoms with E-state index in [9.17, 15) is 8.42 Å². The Hall–Kier alpha value is -0.425. The number of carbonyl (C=O) groups is 1. The van der Waals surface area contributed by atoms with Gasteiger partial charge in [-0.15, -0.1) is 0 Å². The molecule has 0 bridgehead atoms. The van der Waals surface area contributed by atoms with Gasteiger partial charge in [0, 0.05) is 6.92 Å². The van der Waals surface area contributed by atoms with Crippen LogP contribution < -0.4 is 0 Å². The Kier molecular flexibility index (Phi) is 6.05. The van der Waals surface area contributed by atoms with Crippen molar-refractivity contribution in [1.29, 1.82) is 0 Å². The molecule has 0 atom stereocenters. The van der Waals surface area contributed by atoms with Crippen molar-refractivity contribution in [3.05, 3.63) is 29.8 Å². The third-order valence-electron chi connectivity index (χ3n) is 1.38. The van der Waals surface area contributed by atoms with Crippen molar-refractivity contribution in [3.8, 4) is 0 Å². The molecule has 79 valence electrons. The van der Waals surface area contributed by atoms with Crippen LogP contribution >= 0.6 is 0 Å². The van der Waals surface area contributed by atoms with Crippen LogP contribution in [0.25, 0.3) is 0 Å². The van der Waals surface area contributed by atoms with E-state index in [2.05, 4.69) is 0 Å². The van der Waals surface area contributed by atoms with E-state index >= 15 is 0 Å². The SMILES string of the molecule is CC(=O)O.Cc1ccc([S](=O)(=O)[Hg])cc1. The molecular formula is C9H11HgO4S. The molecule has 1 aromatic carbocycles. The van der Waals surface area contributed by atoms with E-state index in [1.807, 2.05) is 19.1 Å². The van der Waals surface area contributed by atoms with E-state index in [4.69, 9.17) is 9.90 Å². The van der Waals surface area contributed by atoms with Crippen molar-refractivity contribution in [2.75, 3.05) is 0 Å². The molecule has 0 fully saturated rings. The van der Waals surface area contributed by atoms with Crippen LogP contribution in [0.15, 0.2) is 29.2 Å². The van der Waals surface area contributed by atoms with Gasteiger partial charge in [-0.05, 0) is 0 Å². The summed E-state index contributed by atoms with van der Waals surface area (Å²) in [6, 6.07) is 6.97. The van der Waals surface area contributed by atoms with Crippen molar-refractivity contribution < 1.29 is 42.9 Å². The van der Waals surface area contributed by atoms with E-state index < -0.39 is 12.3 Å². The molecule has 0 amide bonds. The van der Waals surface area contributed by atoms with Crippen molar-refractivity contribution in [3.63, 3.8) is 0 Å². The molecule has 0 saturated heterocycles. The number of hydrogen-bond donors (Lipinski definition) is 1. The van der Waals surface area contributed by atoms with E-state index in [0.29, 0.717) is 4.90 Å². The zero-order chi connectivity index (χ0) is 12.1. The topological polar surface area (TPSA) is 71.4 Å². The number of rotatable bonds is 1. The van der Waals surface area contributed by atoms with Crippen LogP contribution in [0.4, 0.5) is 0 Å². The number of benzene rings is 1. The van der Waals surface area contributed by atoms with Gasteiger partial charge >= 0.3 is 81.0 Å². The third kappa shape index (κ3) is 7.50. The molecule has 4 nitrogen and oxygen atoms in total. The Morgan fingerprint density at radius 2 is 1.60 bits per heavy atom. The molecule has 1 N–H and O–H groups in total. The first-order valence-electron chi connectivity index (χ1n) is 4.08. The summed E-state index contributed by atoms with van der Waals surface area (Å²) < 4.78 is 22.1. The number of carboxylic acids is 1. The van der Waals surface area contributed by atoms with Crippen molar-refractivity contribution in [2.24, 2.45) is 0 Å².